The predicted octanol–water partition coefficient (Wildman–Crippen LogP) is 3.07. The molecule has 0 atom stereocenters. The summed E-state index contributed by atoms with van der Waals surface area (Å²) in [6, 6.07) is 8.55. The van der Waals surface area contributed by atoms with Crippen LogP contribution in [0.5, 0.6) is 0 Å². The predicted molar refractivity (Wildman–Crippen MR) is 76.7 cm³/mol. The van der Waals surface area contributed by atoms with Crippen LogP contribution in [0.25, 0.3) is 0 Å². The van der Waals surface area contributed by atoms with Gasteiger partial charge in [-0.05, 0) is 31.9 Å². The smallest absolute Gasteiger partial charge is 0.120 e. The first-order chi connectivity index (χ1) is 8.69. The second-order valence-corrected chi connectivity index (χ2v) is 5.35. The van der Waals surface area contributed by atoms with E-state index in [-0.39, 0.29) is 0 Å². The Bertz CT molecular complexity index is 507. The number of H-pyrrole nitrogens is 1. The highest BCUT2D eigenvalue weighted by Gasteiger charge is 2.07. The molecule has 0 aliphatic rings. The van der Waals surface area contributed by atoms with Crippen LogP contribution in [0.15, 0.2) is 35.4 Å². The number of rotatable bonds is 5. The van der Waals surface area contributed by atoms with Gasteiger partial charge in [0.05, 0.1) is 6.54 Å². The van der Waals surface area contributed by atoms with E-state index in [2.05, 4.69) is 52.4 Å². The molecule has 0 saturated heterocycles. The van der Waals surface area contributed by atoms with E-state index in [1.807, 2.05) is 13.1 Å². The Morgan fingerprint density at radius 3 is 2.72 bits per heavy atom. The molecule has 1 N–H and O–H groups in total. The molecule has 0 fully saturated rings. The third-order valence-corrected chi connectivity index (χ3v) is 3.65. The molecule has 96 valence electrons. The zero-order chi connectivity index (χ0) is 13.0. The van der Waals surface area contributed by atoms with Gasteiger partial charge in [0.25, 0.3) is 0 Å². The van der Waals surface area contributed by atoms with Crippen molar-refractivity contribution in [3.05, 3.63) is 47.5 Å². The van der Waals surface area contributed by atoms with Gasteiger partial charge in [0.2, 0.25) is 0 Å². The van der Waals surface area contributed by atoms with Crippen LogP contribution in [0.3, 0.4) is 0 Å². The Morgan fingerprint density at radius 2 is 2.06 bits per heavy atom. The zero-order valence-electron chi connectivity index (χ0n) is 11.1. The molecule has 1 aromatic heterocycles. The molecular formula is C14H19N3S. The van der Waals surface area contributed by atoms with Crippen molar-refractivity contribution >= 4 is 11.8 Å². The summed E-state index contributed by atoms with van der Waals surface area (Å²) in [5.41, 5.74) is 2.48. The fourth-order valence-electron chi connectivity index (χ4n) is 1.98. The molecular weight excluding hydrogens is 242 g/mol. The average Bonchev–Trinajstić information content (AvgIpc) is 2.75. The van der Waals surface area contributed by atoms with E-state index in [0.717, 1.165) is 24.6 Å². The third kappa shape index (κ3) is 3.37. The van der Waals surface area contributed by atoms with Crippen LogP contribution in [0, 0.1) is 6.92 Å². The molecule has 0 saturated carbocycles. The summed E-state index contributed by atoms with van der Waals surface area (Å²) in [5.74, 6) is 1.02. The minimum absolute atomic E-state index is 0.844. The molecule has 2 rings (SSSR count). The number of thioether (sulfide) groups is 1. The number of hydrogen-bond acceptors (Lipinski definition) is 3. The molecule has 0 bridgehead atoms. The molecule has 0 aliphatic heterocycles. The summed E-state index contributed by atoms with van der Waals surface area (Å²) in [4.78, 5) is 11.2. The SMILES string of the molecule is CSc1ccccc1CN(C)Cc1ncc(C)[nH]1. The normalized spacial score (nSPS) is 11.1. The number of nitrogens with zero attached hydrogens (tertiary/aromatic N) is 2. The van der Waals surface area contributed by atoms with E-state index in [9.17, 15) is 0 Å². The maximum absolute atomic E-state index is 4.34. The second kappa shape index (κ2) is 6.07. The van der Waals surface area contributed by atoms with Crippen molar-refractivity contribution in [1.29, 1.82) is 0 Å². The fraction of sp³-hybridized carbons (Fsp3) is 0.357. The molecule has 1 aromatic carbocycles. The summed E-state index contributed by atoms with van der Waals surface area (Å²) < 4.78 is 0. The lowest BCUT2D eigenvalue weighted by Gasteiger charge is -2.17. The van der Waals surface area contributed by atoms with Crippen molar-refractivity contribution in [2.75, 3.05) is 13.3 Å². The van der Waals surface area contributed by atoms with Gasteiger partial charge >= 0.3 is 0 Å². The van der Waals surface area contributed by atoms with Crippen LogP contribution < -0.4 is 0 Å². The monoisotopic (exact) mass is 261 g/mol. The molecule has 3 nitrogen and oxygen atoms in total. The van der Waals surface area contributed by atoms with Crippen molar-refractivity contribution in [2.45, 2.75) is 24.9 Å². The molecule has 0 radical (unpaired) electrons. The molecule has 0 unspecified atom stereocenters. The van der Waals surface area contributed by atoms with Crippen molar-refractivity contribution in [2.24, 2.45) is 0 Å². The summed E-state index contributed by atoms with van der Waals surface area (Å²) in [7, 11) is 2.12. The van der Waals surface area contributed by atoms with Gasteiger partial charge in [-0.3, -0.25) is 4.90 Å². The highest BCUT2D eigenvalue weighted by Crippen LogP contribution is 2.21. The Morgan fingerprint density at radius 1 is 1.28 bits per heavy atom. The second-order valence-electron chi connectivity index (χ2n) is 4.50. The molecule has 2 aromatic rings. The first-order valence-corrected chi connectivity index (χ1v) is 7.22. The summed E-state index contributed by atoms with van der Waals surface area (Å²) >= 11 is 1.80. The number of aryl methyl sites for hydroxylation is 1. The number of hydrogen-bond donors (Lipinski definition) is 1. The number of benzene rings is 1. The van der Waals surface area contributed by atoms with E-state index < -0.39 is 0 Å². The van der Waals surface area contributed by atoms with E-state index in [0.29, 0.717) is 0 Å². The first-order valence-electron chi connectivity index (χ1n) is 6.00. The maximum atomic E-state index is 4.34. The fourth-order valence-corrected chi connectivity index (χ4v) is 2.59. The molecule has 4 heteroatoms. The average molecular weight is 261 g/mol. The van der Waals surface area contributed by atoms with Crippen LogP contribution in [-0.4, -0.2) is 28.2 Å². The Labute approximate surface area is 113 Å². The largest absolute Gasteiger partial charge is 0.345 e. The van der Waals surface area contributed by atoms with Gasteiger partial charge in [-0.1, -0.05) is 18.2 Å². The maximum Gasteiger partial charge on any atom is 0.120 e. The molecule has 0 spiro atoms. The van der Waals surface area contributed by atoms with Gasteiger partial charge in [0, 0.05) is 23.3 Å². The number of aromatic amines is 1. The van der Waals surface area contributed by atoms with Gasteiger partial charge in [-0.25, -0.2) is 4.98 Å². The Kier molecular flexibility index (Phi) is 4.44. The van der Waals surface area contributed by atoms with Crippen LogP contribution in [-0.2, 0) is 13.1 Å². The number of imidazole rings is 1. The van der Waals surface area contributed by atoms with Crippen LogP contribution in [0.4, 0.5) is 0 Å². The number of aromatic nitrogens is 2. The van der Waals surface area contributed by atoms with E-state index in [1.165, 1.54) is 10.5 Å². The third-order valence-electron chi connectivity index (χ3n) is 2.81. The van der Waals surface area contributed by atoms with Gasteiger partial charge in [-0.2, -0.15) is 0 Å². The molecule has 1 heterocycles. The van der Waals surface area contributed by atoms with E-state index in [1.54, 1.807) is 11.8 Å². The van der Waals surface area contributed by atoms with Crippen LogP contribution in [0.1, 0.15) is 17.1 Å². The van der Waals surface area contributed by atoms with Gasteiger partial charge in [0.1, 0.15) is 5.82 Å². The Balaban J connectivity index is 2.00. The Hall–Kier alpha value is -1.26. The van der Waals surface area contributed by atoms with E-state index >= 15 is 0 Å². The minimum atomic E-state index is 0.844. The standard InChI is InChI=1S/C14H19N3S/c1-11-8-15-14(16-11)10-17(2)9-12-6-4-5-7-13(12)18-3/h4-8H,9-10H2,1-3H3,(H,15,16). The quantitative estimate of drug-likeness (QED) is 0.839. The minimum Gasteiger partial charge on any atom is -0.345 e. The highest BCUT2D eigenvalue weighted by atomic mass is 32.2. The summed E-state index contributed by atoms with van der Waals surface area (Å²) in [6.07, 6.45) is 3.99. The lowest BCUT2D eigenvalue weighted by Crippen LogP contribution is -2.18. The first kappa shape index (κ1) is 13.2. The molecule has 0 aliphatic carbocycles. The van der Waals surface area contributed by atoms with Crippen LogP contribution >= 0.6 is 11.8 Å². The van der Waals surface area contributed by atoms with Gasteiger partial charge in [-0.15, -0.1) is 11.8 Å². The lowest BCUT2D eigenvalue weighted by molar-refractivity contribution is 0.309. The lowest BCUT2D eigenvalue weighted by atomic mass is 10.2. The van der Waals surface area contributed by atoms with Crippen molar-refractivity contribution < 1.29 is 0 Å². The summed E-state index contributed by atoms with van der Waals surface area (Å²) in [6.45, 7) is 3.81. The van der Waals surface area contributed by atoms with Crippen molar-refractivity contribution in [3.8, 4) is 0 Å². The van der Waals surface area contributed by atoms with Crippen molar-refractivity contribution in [3.63, 3.8) is 0 Å². The highest BCUT2D eigenvalue weighted by molar-refractivity contribution is 7.98. The van der Waals surface area contributed by atoms with Gasteiger partial charge < -0.3 is 4.98 Å². The van der Waals surface area contributed by atoms with Gasteiger partial charge in [0.15, 0.2) is 0 Å². The number of nitrogens with one attached hydrogen (secondary N) is 1. The summed E-state index contributed by atoms with van der Waals surface area (Å²) in [5, 5.41) is 0. The van der Waals surface area contributed by atoms with E-state index in [4.69, 9.17) is 0 Å². The van der Waals surface area contributed by atoms with Crippen molar-refractivity contribution in [1.82, 2.24) is 14.9 Å². The topological polar surface area (TPSA) is 31.9 Å². The molecule has 0 amide bonds. The zero-order valence-corrected chi connectivity index (χ0v) is 11.9. The molecule has 18 heavy (non-hydrogen) atoms. The van der Waals surface area contributed by atoms with Crippen LogP contribution in [0.2, 0.25) is 0 Å².